The molecule has 0 bridgehead atoms. The Morgan fingerprint density at radius 1 is 1.28 bits per heavy atom. The lowest BCUT2D eigenvalue weighted by atomic mass is 9.91. The van der Waals surface area contributed by atoms with Crippen LogP contribution in [0, 0.1) is 0 Å². The number of carbonyl (C=O) groups is 1. The van der Waals surface area contributed by atoms with Gasteiger partial charge in [-0.1, -0.05) is 17.3 Å². The van der Waals surface area contributed by atoms with Gasteiger partial charge in [0.15, 0.2) is 0 Å². The molecule has 3 rings (SSSR count). The number of rotatable bonds is 5. The Balaban J connectivity index is 1.54. The van der Waals surface area contributed by atoms with Gasteiger partial charge in [-0.2, -0.15) is 0 Å². The van der Waals surface area contributed by atoms with Crippen molar-refractivity contribution in [1.29, 1.82) is 0 Å². The molecule has 8 heteroatoms. The molecule has 0 unspecified atom stereocenters. The van der Waals surface area contributed by atoms with E-state index in [2.05, 4.69) is 10.3 Å². The molecule has 29 heavy (non-hydrogen) atoms. The van der Waals surface area contributed by atoms with E-state index in [0.717, 1.165) is 17.9 Å². The minimum Gasteiger partial charge on any atom is -0.497 e. The third-order valence-corrected chi connectivity index (χ3v) is 4.96. The summed E-state index contributed by atoms with van der Waals surface area (Å²) in [7, 11) is 1.65. The molecule has 1 saturated heterocycles. The van der Waals surface area contributed by atoms with Crippen molar-refractivity contribution in [1.82, 2.24) is 19.9 Å². The molecule has 1 fully saturated rings. The molecule has 1 aromatic carbocycles. The minimum absolute atomic E-state index is 0.136. The summed E-state index contributed by atoms with van der Waals surface area (Å²) in [4.78, 5) is 13.8. The number of β-amino-alcohol motifs (C(OH)–C–C–N with tert-alkyl or cyclic N) is 1. The highest BCUT2D eigenvalue weighted by Crippen LogP contribution is 2.28. The summed E-state index contributed by atoms with van der Waals surface area (Å²) in [6.45, 7) is 6.95. The number of methoxy groups -OCH3 is 1. The van der Waals surface area contributed by atoms with E-state index in [4.69, 9.17) is 9.47 Å². The van der Waals surface area contributed by atoms with Gasteiger partial charge in [0.2, 0.25) is 0 Å². The Labute approximate surface area is 171 Å². The van der Waals surface area contributed by atoms with E-state index in [1.807, 2.05) is 51.2 Å². The van der Waals surface area contributed by atoms with Crippen LogP contribution < -0.4 is 4.74 Å². The predicted octanol–water partition coefficient (Wildman–Crippen LogP) is 2.61. The summed E-state index contributed by atoms with van der Waals surface area (Å²) in [6, 6.07) is 7.95. The number of aromatic nitrogens is 3. The van der Waals surface area contributed by atoms with Crippen molar-refractivity contribution < 1.29 is 19.4 Å². The average molecular weight is 402 g/mol. The number of ether oxygens (including phenoxy) is 2. The van der Waals surface area contributed by atoms with Crippen LogP contribution in [0.3, 0.4) is 0 Å². The summed E-state index contributed by atoms with van der Waals surface area (Å²) in [5.41, 5.74) is 1.40. The zero-order chi connectivity index (χ0) is 21.0. The van der Waals surface area contributed by atoms with Gasteiger partial charge in [0.25, 0.3) is 0 Å². The van der Waals surface area contributed by atoms with E-state index in [0.29, 0.717) is 19.5 Å². The Bertz CT molecular complexity index is 813. The van der Waals surface area contributed by atoms with Crippen molar-refractivity contribution in [2.75, 3.05) is 20.2 Å². The normalized spacial score (nSPS) is 19.8. The topological polar surface area (TPSA) is 89.7 Å². The number of benzene rings is 1. The van der Waals surface area contributed by atoms with Gasteiger partial charge >= 0.3 is 6.09 Å². The number of nitrogens with zero attached hydrogens (tertiary/aromatic N) is 4. The summed E-state index contributed by atoms with van der Waals surface area (Å²) in [6.07, 6.45) is 2.26. The molecule has 2 atom stereocenters. The SMILES string of the molecule is COc1ccc(CCn2cc([C@H]3CCN(C(=O)OC(C)(C)C)C[C@@H]3O)nn2)cc1. The molecule has 0 spiro atoms. The van der Waals surface area contributed by atoms with Crippen LogP contribution in [-0.4, -0.2) is 63.0 Å². The van der Waals surface area contributed by atoms with Gasteiger partial charge in [-0.05, 0) is 51.3 Å². The Morgan fingerprint density at radius 2 is 2.00 bits per heavy atom. The Hall–Kier alpha value is -2.61. The van der Waals surface area contributed by atoms with Crippen LogP contribution in [0.15, 0.2) is 30.5 Å². The molecule has 1 aliphatic rings. The third-order valence-electron chi connectivity index (χ3n) is 4.96. The highest BCUT2D eigenvalue weighted by atomic mass is 16.6. The second-order valence-corrected chi connectivity index (χ2v) is 8.39. The second-order valence-electron chi connectivity index (χ2n) is 8.39. The lowest BCUT2D eigenvalue weighted by Crippen LogP contribution is -2.47. The van der Waals surface area contributed by atoms with Crippen LogP contribution in [-0.2, 0) is 17.7 Å². The molecule has 0 radical (unpaired) electrons. The number of aliphatic hydroxyl groups excluding tert-OH is 1. The van der Waals surface area contributed by atoms with E-state index >= 15 is 0 Å². The summed E-state index contributed by atoms with van der Waals surface area (Å²) in [5, 5.41) is 19.0. The van der Waals surface area contributed by atoms with Crippen molar-refractivity contribution in [2.45, 2.75) is 57.8 Å². The van der Waals surface area contributed by atoms with Gasteiger partial charge in [0.1, 0.15) is 11.4 Å². The summed E-state index contributed by atoms with van der Waals surface area (Å²) < 4.78 is 12.4. The van der Waals surface area contributed by atoms with E-state index in [-0.39, 0.29) is 12.5 Å². The van der Waals surface area contributed by atoms with Crippen molar-refractivity contribution in [3.63, 3.8) is 0 Å². The number of likely N-dealkylation sites (tertiary alicyclic amines) is 1. The largest absolute Gasteiger partial charge is 0.497 e. The molecular weight excluding hydrogens is 372 g/mol. The molecule has 0 aliphatic carbocycles. The first-order valence-electron chi connectivity index (χ1n) is 9.94. The molecule has 2 aromatic rings. The number of carbonyl (C=O) groups excluding carboxylic acids is 1. The molecule has 158 valence electrons. The number of hydrogen-bond acceptors (Lipinski definition) is 6. The van der Waals surface area contributed by atoms with Crippen LogP contribution in [0.5, 0.6) is 5.75 Å². The molecule has 1 aliphatic heterocycles. The highest BCUT2D eigenvalue weighted by molar-refractivity contribution is 5.68. The summed E-state index contributed by atoms with van der Waals surface area (Å²) in [5.74, 6) is 0.701. The molecule has 2 heterocycles. The Morgan fingerprint density at radius 3 is 2.62 bits per heavy atom. The first-order chi connectivity index (χ1) is 13.7. The molecule has 1 N–H and O–H groups in total. The highest BCUT2D eigenvalue weighted by Gasteiger charge is 2.34. The van der Waals surface area contributed by atoms with Gasteiger partial charge in [-0.25, -0.2) is 4.79 Å². The number of aryl methyl sites for hydroxylation is 2. The maximum absolute atomic E-state index is 12.2. The molecule has 0 saturated carbocycles. The van der Waals surface area contributed by atoms with E-state index in [1.54, 1.807) is 16.7 Å². The summed E-state index contributed by atoms with van der Waals surface area (Å²) >= 11 is 0. The van der Waals surface area contributed by atoms with Crippen molar-refractivity contribution in [2.24, 2.45) is 0 Å². The van der Waals surface area contributed by atoms with Crippen molar-refractivity contribution >= 4 is 6.09 Å². The third kappa shape index (κ3) is 5.69. The zero-order valence-corrected chi connectivity index (χ0v) is 17.5. The maximum atomic E-state index is 12.2. The van der Waals surface area contributed by atoms with E-state index in [9.17, 15) is 9.90 Å². The van der Waals surface area contributed by atoms with Gasteiger partial charge in [0.05, 0.1) is 25.5 Å². The van der Waals surface area contributed by atoms with Crippen molar-refractivity contribution in [3.05, 3.63) is 41.7 Å². The first kappa shape index (κ1) is 21.1. The number of hydrogen-bond donors (Lipinski definition) is 1. The van der Waals surface area contributed by atoms with Gasteiger partial charge < -0.3 is 19.5 Å². The zero-order valence-electron chi connectivity index (χ0n) is 17.5. The minimum atomic E-state index is -0.692. The van der Waals surface area contributed by atoms with Crippen LogP contribution in [0.1, 0.15) is 44.4 Å². The van der Waals surface area contributed by atoms with E-state index in [1.165, 1.54) is 5.56 Å². The molecule has 1 amide bonds. The van der Waals surface area contributed by atoms with Crippen molar-refractivity contribution in [3.8, 4) is 5.75 Å². The fourth-order valence-electron chi connectivity index (χ4n) is 3.40. The van der Waals surface area contributed by atoms with Crippen LogP contribution in [0.2, 0.25) is 0 Å². The number of amides is 1. The monoisotopic (exact) mass is 402 g/mol. The van der Waals surface area contributed by atoms with Crippen LogP contribution in [0.25, 0.3) is 0 Å². The average Bonchev–Trinajstić information content (AvgIpc) is 3.14. The van der Waals surface area contributed by atoms with Gasteiger partial charge in [-0.3, -0.25) is 4.68 Å². The first-order valence-corrected chi connectivity index (χ1v) is 9.94. The fourth-order valence-corrected chi connectivity index (χ4v) is 3.40. The van der Waals surface area contributed by atoms with E-state index < -0.39 is 17.8 Å². The predicted molar refractivity (Wildman–Crippen MR) is 108 cm³/mol. The Kier molecular flexibility index (Phi) is 6.42. The standard InChI is InChI=1S/C21H30N4O4/c1-21(2,3)29-20(27)24-11-10-17(19(26)14-24)18-13-25(23-22-18)12-9-15-5-7-16(28-4)8-6-15/h5-8,13,17,19,26H,9-12,14H2,1-4H3/t17-,19+/m1/s1. The van der Waals surface area contributed by atoms with Crippen LogP contribution in [0.4, 0.5) is 4.79 Å². The molecule has 1 aromatic heterocycles. The fraction of sp³-hybridized carbons (Fsp3) is 0.571. The van der Waals surface area contributed by atoms with Gasteiger partial charge in [0, 0.05) is 25.2 Å². The maximum Gasteiger partial charge on any atom is 0.410 e. The second kappa shape index (κ2) is 8.82. The van der Waals surface area contributed by atoms with Gasteiger partial charge in [-0.15, -0.1) is 5.10 Å². The van der Waals surface area contributed by atoms with Crippen LogP contribution >= 0.6 is 0 Å². The lowest BCUT2D eigenvalue weighted by molar-refractivity contribution is -0.00191. The molecular formula is C21H30N4O4. The quantitative estimate of drug-likeness (QED) is 0.827. The smallest absolute Gasteiger partial charge is 0.410 e. The number of aliphatic hydroxyl groups is 1. The molecule has 8 nitrogen and oxygen atoms in total. The lowest BCUT2D eigenvalue weighted by Gasteiger charge is -2.35. The number of piperidine rings is 1.